The Labute approximate surface area is 102 Å². The van der Waals surface area contributed by atoms with Crippen LogP contribution in [0.25, 0.3) is 0 Å². The molecule has 0 fully saturated rings. The largest absolute Gasteiger partial charge is 0.258 e. The molecule has 0 spiro atoms. The van der Waals surface area contributed by atoms with Gasteiger partial charge in [-0.15, -0.1) is 0 Å². The van der Waals surface area contributed by atoms with Gasteiger partial charge in [-0.05, 0) is 12.1 Å². The Morgan fingerprint density at radius 3 is 1.31 bits per heavy atom. The van der Waals surface area contributed by atoms with Crippen molar-refractivity contribution in [2.75, 3.05) is 0 Å². The summed E-state index contributed by atoms with van der Waals surface area (Å²) >= 11 is 0. The van der Waals surface area contributed by atoms with Gasteiger partial charge in [0.05, 0.1) is 27.5 Å². The highest BCUT2D eigenvalue weighted by Gasteiger charge is 2.21. The van der Waals surface area contributed by atoms with Gasteiger partial charge in [0, 0.05) is 12.4 Å². The highest BCUT2D eigenvalue weighted by molar-refractivity contribution is 6.76. The summed E-state index contributed by atoms with van der Waals surface area (Å²) in [4.78, 5) is 9.09. The van der Waals surface area contributed by atoms with Crippen LogP contribution in [0.3, 0.4) is 0 Å². The highest BCUT2D eigenvalue weighted by Crippen LogP contribution is 2.16. The van der Waals surface area contributed by atoms with Crippen LogP contribution < -0.4 is 0 Å². The van der Waals surface area contributed by atoms with Crippen LogP contribution in [-0.4, -0.2) is 26.1 Å². The molecule has 1 rings (SSSR count). The Bertz CT molecular complexity index is 316. The van der Waals surface area contributed by atoms with Crippen molar-refractivity contribution in [3.63, 3.8) is 0 Å². The van der Waals surface area contributed by atoms with Crippen LogP contribution in [0, 0.1) is 0 Å². The van der Waals surface area contributed by atoms with Crippen molar-refractivity contribution in [1.29, 1.82) is 0 Å². The lowest BCUT2D eigenvalue weighted by Gasteiger charge is -2.20. The topological polar surface area (TPSA) is 25.8 Å². The molecule has 1 aromatic heterocycles. The minimum atomic E-state index is -1.09. The van der Waals surface area contributed by atoms with Crippen LogP contribution in [-0.2, 0) is 12.1 Å². The molecule has 0 aromatic carbocycles. The van der Waals surface area contributed by atoms with Crippen LogP contribution >= 0.6 is 0 Å². The minimum Gasteiger partial charge on any atom is -0.258 e. The first-order chi connectivity index (χ1) is 7.17. The van der Waals surface area contributed by atoms with Crippen molar-refractivity contribution in [2.24, 2.45) is 0 Å². The van der Waals surface area contributed by atoms with Gasteiger partial charge in [0.1, 0.15) is 0 Å². The maximum Gasteiger partial charge on any atom is 0.0589 e. The second-order valence-electron chi connectivity index (χ2n) is 6.92. The first kappa shape index (κ1) is 13.6. The van der Waals surface area contributed by atoms with E-state index in [1.165, 1.54) is 11.4 Å². The summed E-state index contributed by atoms with van der Waals surface area (Å²) < 4.78 is 0. The molecule has 0 aliphatic heterocycles. The monoisotopic (exact) mass is 252 g/mol. The first-order valence-electron chi connectivity index (χ1n) is 5.96. The Hall–Kier alpha value is -0.486. The summed E-state index contributed by atoms with van der Waals surface area (Å²) in [5, 5.41) is 0. The number of hydrogen-bond donors (Lipinski definition) is 0. The third kappa shape index (κ3) is 5.03. The van der Waals surface area contributed by atoms with Gasteiger partial charge in [-0.1, -0.05) is 39.3 Å². The van der Waals surface area contributed by atoms with Gasteiger partial charge in [0.2, 0.25) is 0 Å². The van der Waals surface area contributed by atoms with Gasteiger partial charge in [-0.2, -0.15) is 0 Å². The zero-order valence-corrected chi connectivity index (χ0v) is 13.5. The molecule has 1 aromatic rings. The maximum absolute atomic E-state index is 4.54. The Balaban J connectivity index is 2.92. The molecule has 0 bridgehead atoms. The lowest BCUT2D eigenvalue weighted by Crippen LogP contribution is -2.29. The average Bonchev–Trinajstić information content (AvgIpc) is 2.03. The molecule has 0 aliphatic carbocycles. The molecule has 0 aliphatic rings. The van der Waals surface area contributed by atoms with Crippen molar-refractivity contribution >= 4 is 16.1 Å². The van der Waals surface area contributed by atoms with Crippen molar-refractivity contribution < 1.29 is 0 Å². The van der Waals surface area contributed by atoms with E-state index in [1.54, 1.807) is 0 Å². The summed E-state index contributed by atoms with van der Waals surface area (Å²) in [6, 6.07) is 2.31. The van der Waals surface area contributed by atoms with E-state index in [-0.39, 0.29) is 0 Å². The Morgan fingerprint density at radius 1 is 0.750 bits per heavy atom. The molecule has 0 saturated carbocycles. The van der Waals surface area contributed by atoms with E-state index in [9.17, 15) is 0 Å². The van der Waals surface area contributed by atoms with Crippen molar-refractivity contribution in [1.82, 2.24) is 9.97 Å². The van der Waals surface area contributed by atoms with E-state index in [0.717, 1.165) is 12.1 Å². The normalized spacial score (nSPS) is 12.9. The lowest BCUT2D eigenvalue weighted by atomic mass is 10.3. The lowest BCUT2D eigenvalue weighted by molar-refractivity contribution is 0.988. The van der Waals surface area contributed by atoms with E-state index in [1.807, 2.05) is 12.4 Å². The molecular weight excluding hydrogens is 228 g/mol. The summed E-state index contributed by atoms with van der Waals surface area (Å²) in [5.41, 5.74) is 2.51. The molecule has 16 heavy (non-hydrogen) atoms. The fourth-order valence-electron chi connectivity index (χ4n) is 1.70. The molecule has 4 heteroatoms. The summed E-state index contributed by atoms with van der Waals surface area (Å²) in [7, 11) is -2.18. The molecule has 2 nitrogen and oxygen atoms in total. The van der Waals surface area contributed by atoms with Crippen molar-refractivity contribution in [3.8, 4) is 0 Å². The number of hydrogen-bond acceptors (Lipinski definition) is 2. The molecule has 0 atom stereocenters. The first-order valence-corrected chi connectivity index (χ1v) is 13.4. The van der Waals surface area contributed by atoms with Crippen LogP contribution in [0.1, 0.15) is 11.4 Å². The van der Waals surface area contributed by atoms with E-state index in [2.05, 4.69) is 49.3 Å². The van der Waals surface area contributed by atoms with Gasteiger partial charge in [-0.25, -0.2) is 0 Å². The van der Waals surface area contributed by atoms with Crippen LogP contribution in [0.15, 0.2) is 12.4 Å². The van der Waals surface area contributed by atoms with Gasteiger partial charge < -0.3 is 0 Å². The zero-order valence-electron chi connectivity index (χ0n) is 11.5. The van der Waals surface area contributed by atoms with E-state index in [4.69, 9.17) is 0 Å². The van der Waals surface area contributed by atoms with Crippen LogP contribution in [0.4, 0.5) is 0 Å². The van der Waals surface area contributed by atoms with Crippen LogP contribution in [0.5, 0.6) is 0 Å². The molecule has 0 N–H and O–H groups in total. The minimum absolute atomic E-state index is 1.09. The third-order valence-corrected chi connectivity index (χ3v) is 5.05. The number of nitrogens with zero attached hydrogens (tertiary/aromatic N) is 2. The molecule has 90 valence electrons. The molecule has 0 unspecified atom stereocenters. The molecule has 0 radical (unpaired) electrons. The van der Waals surface area contributed by atoms with Crippen LogP contribution in [0.2, 0.25) is 39.3 Å². The van der Waals surface area contributed by atoms with Gasteiger partial charge in [0.15, 0.2) is 0 Å². The average molecular weight is 253 g/mol. The Morgan fingerprint density at radius 2 is 1.06 bits per heavy atom. The van der Waals surface area contributed by atoms with Gasteiger partial charge in [-0.3, -0.25) is 9.97 Å². The second-order valence-corrected chi connectivity index (χ2v) is 17.9. The summed E-state index contributed by atoms with van der Waals surface area (Å²) in [6.07, 6.45) is 3.67. The summed E-state index contributed by atoms with van der Waals surface area (Å²) in [5.74, 6) is 0. The molecule has 0 amide bonds. The molecule has 0 saturated heterocycles. The fraction of sp³-hybridized carbons (Fsp3) is 0.667. The van der Waals surface area contributed by atoms with E-state index < -0.39 is 16.1 Å². The predicted molar refractivity (Wildman–Crippen MR) is 76.1 cm³/mol. The van der Waals surface area contributed by atoms with Crippen molar-refractivity contribution in [3.05, 3.63) is 23.8 Å². The van der Waals surface area contributed by atoms with E-state index >= 15 is 0 Å². The van der Waals surface area contributed by atoms with E-state index in [0.29, 0.717) is 0 Å². The summed E-state index contributed by atoms with van der Waals surface area (Å²) in [6.45, 7) is 14.3. The molecule has 1 heterocycles. The quantitative estimate of drug-likeness (QED) is 0.768. The standard InChI is InChI=1S/C12H24N2Si2/c1-15(2,3)9-11-12(10-16(4,5)6)14-8-7-13-11/h7-8H,9-10H2,1-6H3. The predicted octanol–water partition coefficient (Wildman–Crippen LogP) is 3.32. The van der Waals surface area contributed by atoms with Crippen molar-refractivity contribution in [2.45, 2.75) is 51.4 Å². The molecular formula is C12H24N2Si2. The van der Waals surface area contributed by atoms with Gasteiger partial charge >= 0.3 is 0 Å². The number of aromatic nitrogens is 2. The Kier molecular flexibility index (Phi) is 4.07. The SMILES string of the molecule is C[Si](C)(C)Cc1nccnc1C[Si](C)(C)C. The zero-order chi connectivity index (χ0) is 12.4. The second kappa shape index (κ2) is 4.79. The fourth-order valence-corrected chi connectivity index (χ4v) is 4.30. The van der Waals surface area contributed by atoms with Gasteiger partial charge in [0.25, 0.3) is 0 Å². The maximum atomic E-state index is 4.54. The number of rotatable bonds is 4. The third-order valence-electron chi connectivity index (χ3n) is 2.26. The highest BCUT2D eigenvalue weighted by atomic mass is 28.3. The smallest absolute Gasteiger partial charge is 0.0589 e.